The van der Waals surface area contributed by atoms with Gasteiger partial charge in [0.25, 0.3) is 0 Å². The van der Waals surface area contributed by atoms with Crippen LogP contribution in [0.1, 0.15) is 57.7 Å². The lowest BCUT2D eigenvalue weighted by Crippen LogP contribution is -2.27. The molecule has 0 radical (unpaired) electrons. The van der Waals surface area contributed by atoms with Crippen LogP contribution in [-0.4, -0.2) is 12.5 Å². The zero-order valence-electron chi connectivity index (χ0n) is 13.4. The molecule has 1 unspecified atom stereocenters. The molecule has 4 N–H and O–H groups in total. The maximum Gasteiger partial charge on any atom is 0.217 e. The maximum atomic E-state index is 11.1. The van der Waals surface area contributed by atoms with Crippen LogP contribution in [0.15, 0.2) is 18.2 Å². The van der Waals surface area contributed by atoms with Crippen LogP contribution >= 0.6 is 0 Å². The Labute approximate surface area is 126 Å². The Morgan fingerprint density at radius 3 is 2.71 bits per heavy atom. The lowest BCUT2D eigenvalue weighted by atomic mass is 9.79. The van der Waals surface area contributed by atoms with Crippen molar-refractivity contribution < 1.29 is 9.53 Å². The molecule has 2 rings (SSSR count). The third-order valence-electron chi connectivity index (χ3n) is 4.17. The van der Waals surface area contributed by atoms with Gasteiger partial charge in [-0.2, -0.15) is 0 Å². The molecule has 0 saturated carbocycles. The second kappa shape index (κ2) is 5.34. The summed E-state index contributed by atoms with van der Waals surface area (Å²) in [5, 5.41) is 0. The van der Waals surface area contributed by atoms with Crippen LogP contribution in [0.4, 0.5) is 0 Å². The number of fused-ring (bicyclic) bond motifs is 1. The molecule has 1 aromatic rings. The maximum absolute atomic E-state index is 11.1. The minimum atomic E-state index is -0.282. The third-order valence-corrected chi connectivity index (χ3v) is 4.17. The number of rotatable bonds is 5. The summed E-state index contributed by atoms with van der Waals surface area (Å²) in [5.41, 5.74) is 13.8. The number of primary amides is 1. The Balaban J connectivity index is 2.18. The van der Waals surface area contributed by atoms with Crippen molar-refractivity contribution in [3.63, 3.8) is 0 Å². The number of hydrogen-bond acceptors (Lipinski definition) is 3. The first kappa shape index (κ1) is 15.8. The van der Waals surface area contributed by atoms with Gasteiger partial charge < -0.3 is 16.2 Å². The van der Waals surface area contributed by atoms with Gasteiger partial charge in [0.15, 0.2) is 0 Å². The highest BCUT2D eigenvalue weighted by Gasteiger charge is 2.32. The summed E-state index contributed by atoms with van der Waals surface area (Å²) in [7, 11) is 0. The second-order valence-corrected chi connectivity index (χ2v) is 7.55. The molecule has 4 heteroatoms. The summed E-state index contributed by atoms with van der Waals surface area (Å²) >= 11 is 0. The summed E-state index contributed by atoms with van der Waals surface area (Å²) in [6, 6.07) is 6.06. The highest BCUT2D eigenvalue weighted by atomic mass is 16.5. The fourth-order valence-corrected chi connectivity index (χ4v) is 3.03. The number of nitrogens with two attached hydrogens (primary N) is 2. The highest BCUT2D eigenvalue weighted by molar-refractivity contribution is 5.74. The Kier molecular flexibility index (Phi) is 4.02. The number of hydrogen-bond donors (Lipinski definition) is 2. The number of ether oxygens (including phenoxy) is 1. The lowest BCUT2D eigenvalue weighted by Gasteiger charge is -2.27. The number of amides is 1. The molecule has 1 heterocycles. The smallest absolute Gasteiger partial charge is 0.217 e. The highest BCUT2D eigenvalue weighted by Crippen LogP contribution is 2.40. The minimum Gasteiger partial charge on any atom is -0.492 e. The van der Waals surface area contributed by atoms with Crippen LogP contribution in [0.2, 0.25) is 0 Å². The lowest BCUT2D eigenvalue weighted by molar-refractivity contribution is -0.120. The second-order valence-electron chi connectivity index (χ2n) is 7.55. The molecule has 1 amide bonds. The van der Waals surface area contributed by atoms with E-state index >= 15 is 0 Å². The van der Waals surface area contributed by atoms with Crippen molar-refractivity contribution in [2.75, 3.05) is 6.61 Å². The van der Waals surface area contributed by atoms with Crippen molar-refractivity contribution in [1.82, 2.24) is 0 Å². The third kappa shape index (κ3) is 3.56. The molecule has 1 atom stereocenters. The minimum absolute atomic E-state index is 0.0216. The molecule has 0 bridgehead atoms. The van der Waals surface area contributed by atoms with E-state index in [1.807, 2.05) is 26.0 Å². The number of carbonyl (C=O) groups is 1. The van der Waals surface area contributed by atoms with Gasteiger partial charge in [-0.15, -0.1) is 0 Å². The largest absolute Gasteiger partial charge is 0.492 e. The quantitative estimate of drug-likeness (QED) is 0.875. The van der Waals surface area contributed by atoms with Crippen molar-refractivity contribution in [2.45, 2.75) is 52.0 Å². The van der Waals surface area contributed by atoms with E-state index in [0.717, 1.165) is 17.7 Å². The first-order valence-electron chi connectivity index (χ1n) is 7.42. The molecule has 1 aliphatic heterocycles. The van der Waals surface area contributed by atoms with Crippen molar-refractivity contribution in [3.05, 3.63) is 29.3 Å². The fourth-order valence-electron chi connectivity index (χ4n) is 3.03. The summed E-state index contributed by atoms with van der Waals surface area (Å²) < 4.78 is 5.70. The Morgan fingerprint density at radius 1 is 1.43 bits per heavy atom. The van der Waals surface area contributed by atoms with E-state index in [1.54, 1.807) is 0 Å². The van der Waals surface area contributed by atoms with Gasteiger partial charge in [0.05, 0.1) is 6.61 Å². The Morgan fingerprint density at radius 2 is 2.10 bits per heavy atom. The van der Waals surface area contributed by atoms with Crippen molar-refractivity contribution in [1.29, 1.82) is 0 Å². The van der Waals surface area contributed by atoms with Crippen molar-refractivity contribution >= 4 is 5.91 Å². The van der Waals surface area contributed by atoms with Crippen LogP contribution in [0.3, 0.4) is 0 Å². The standard InChI is InChI=1S/C17H26N2O2/c1-16(2,9-15(19)20)8-13(18)11-5-6-14-12(7-11)17(3,4)10-21-14/h5-7,13H,8-10,18H2,1-4H3,(H2,19,20). The molecular weight excluding hydrogens is 264 g/mol. The topological polar surface area (TPSA) is 78.3 Å². The van der Waals surface area contributed by atoms with Crippen LogP contribution in [0.25, 0.3) is 0 Å². The molecule has 4 nitrogen and oxygen atoms in total. The predicted octanol–water partition coefficient (Wildman–Crippen LogP) is 2.65. The van der Waals surface area contributed by atoms with E-state index in [4.69, 9.17) is 16.2 Å². The molecule has 0 spiro atoms. The van der Waals surface area contributed by atoms with Gasteiger partial charge in [-0.25, -0.2) is 0 Å². The molecule has 0 saturated heterocycles. The van der Waals surface area contributed by atoms with Gasteiger partial charge >= 0.3 is 0 Å². The van der Waals surface area contributed by atoms with Crippen molar-refractivity contribution in [2.24, 2.45) is 16.9 Å². The van der Waals surface area contributed by atoms with Crippen LogP contribution in [-0.2, 0) is 10.2 Å². The van der Waals surface area contributed by atoms with E-state index < -0.39 is 0 Å². The van der Waals surface area contributed by atoms with Gasteiger partial charge in [-0.3, -0.25) is 4.79 Å². The predicted molar refractivity (Wildman–Crippen MR) is 84.1 cm³/mol. The van der Waals surface area contributed by atoms with E-state index in [2.05, 4.69) is 19.9 Å². The van der Waals surface area contributed by atoms with E-state index in [-0.39, 0.29) is 22.8 Å². The van der Waals surface area contributed by atoms with Gasteiger partial charge in [-0.1, -0.05) is 33.8 Å². The van der Waals surface area contributed by atoms with E-state index in [1.165, 1.54) is 5.56 Å². The molecule has 0 fully saturated rings. The average Bonchev–Trinajstić information content (AvgIpc) is 2.62. The summed E-state index contributed by atoms with van der Waals surface area (Å²) in [6.07, 6.45) is 1.07. The number of benzene rings is 1. The molecule has 1 aromatic carbocycles. The molecular formula is C17H26N2O2. The van der Waals surface area contributed by atoms with E-state index in [9.17, 15) is 4.79 Å². The Bertz CT molecular complexity index is 550. The van der Waals surface area contributed by atoms with Gasteiger partial charge in [0.1, 0.15) is 5.75 Å². The monoisotopic (exact) mass is 290 g/mol. The first-order valence-corrected chi connectivity index (χ1v) is 7.42. The Hall–Kier alpha value is -1.55. The van der Waals surface area contributed by atoms with Crippen LogP contribution < -0.4 is 16.2 Å². The summed E-state index contributed by atoms with van der Waals surface area (Å²) in [5.74, 6) is 0.669. The molecule has 1 aliphatic rings. The average molecular weight is 290 g/mol. The number of carbonyl (C=O) groups excluding carboxylic acids is 1. The van der Waals surface area contributed by atoms with Gasteiger partial charge in [-0.05, 0) is 29.5 Å². The van der Waals surface area contributed by atoms with E-state index in [0.29, 0.717) is 13.0 Å². The molecule has 0 aromatic heterocycles. The molecule has 116 valence electrons. The normalized spacial score (nSPS) is 18.0. The van der Waals surface area contributed by atoms with Crippen LogP contribution in [0.5, 0.6) is 5.75 Å². The molecule has 21 heavy (non-hydrogen) atoms. The van der Waals surface area contributed by atoms with Crippen LogP contribution in [0, 0.1) is 5.41 Å². The molecule has 0 aliphatic carbocycles. The first-order chi connectivity index (χ1) is 9.61. The van der Waals surface area contributed by atoms with Crippen molar-refractivity contribution in [3.8, 4) is 5.75 Å². The summed E-state index contributed by atoms with van der Waals surface area (Å²) in [4.78, 5) is 11.1. The van der Waals surface area contributed by atoms with Gasteiger partial charge in [0, 0.05) is 23.4 Å². The zero-order chi connectivity index (χ0) is 15.8. The van der Waals surface area contributed by atoms with Gasteiger partial charge in [0.2, 0.25) is 5.91 Å². The summed E-state index contributed by atoms with van der Waals surface area (Å²) in [6.45, 7) is 9.10. The zero-order valence-corrected chi connectivity index (χ0v) is 13.4. The fraction of sp³-hybridized carbons (Fsp3) is 0.588. The SMILES string of the molecule is CC(C)(CC(N)=O)CC(N)c1ccc2c(c1)C(C)(C)CO2.